The fourth-order valence-electron chi connectivity index (χ4n) is 4.62. The van der Waals surface area contributed by atoms with Gasteiger partial charge in [0.15, 0.2) is 0 Å². The number of nitrogens with one attached hydrogen (secondary N) is 3. The summed E-state index contributed by atoms with van der Waals surface area (Å²) in [6.45, 7) is -0.213. The van der Waals surface area contributed by atoms with Crippen molar-refractivity contribution < 1.29 is 47.6 Å². The van der Waals surface area contributed by atoms with E-state index in [-0.39, 0.29) is 25.2 Å². The van der Waals surface area contributed by atoms with Gasteiger partial charge in [-0.15, -0.1) is 0 Å². The molecule has 3 aromatic carbocycles. The molecule has 0 radical (unpaired) electrons. The molecule has 5 amide bonds. The highest BCUT2D eigenvalue weighted by molar-refractivity contribution is 7.47. The molecule has 5 atom stereocenters. The first-order chi connectivity index (χ1) is 24.1. The molecule has 0 spiro atoms. The molecule has 3 rings (SSSR count). The fraction of sp³-hybridized carbons (Fsp3) is 0.324. The van der Waals surface area contributed by atoms with Crippen LogP contribution in [-0.2, 0) is 57.0 Å². The number of phosphoric ester groups is 1. The van der Waals surface area contributed by atoms with Gasteiger partial charge in [-0.3, -0.25) is 33.0 Å². The lowest BCUT2D eigenvalue weighted by Gasteiger charge is -2.29. The van der Waals surface area contributed by atoms with Crippen molar-refractivity contribution in [1.29, 1.82) is 0 Å². The predicted molar refractivity (Wildman–Crippen MR) is 185 cm³/mol. The number of carbonyl (C=O) groups excluding carboxylic acids is 5. The van der Waals surface area contributed by atoms with Crippen LogP contribution in [-0.4, -0.2) is 88.8 Å². The van der Waals surface area contributed by atoms with Crippen LogP contribution in [0.4, 0.5) is 0 Å². The van der Waals surface area contributed by atoms with Gasteiger partial charge < -0.3 is 42.3 Å². The lowest BCUT2D eigenvalue weighted by atomic mass is 10.0. The van der Waals surface area contributed by atoms with Gasteiger partial charge in [0.05, 0.1) is 25.8 Å². The van der Waals surface area contributed by atoms with E-state index >= 15 is 0 Å². The number of nitrogens with zero attached hydrogens (tertiary/aromatic N) is 1. The number of aromatic hydroxyl groups is 1. The Morgan fingerprint density at radius 2 is 1.37 bits per heavy atom. The molecule has 0 fully saturated rings. The monoisotopic (exact) mass is 726 g/mol. The number of likely N-dealkylation sites (N-methyl/N-ethyl adjacent to an activating group) is 1. The Morgan fingerprint density at radius 3 is 1.96 bits per heavy atom. The van der Waals surface area contributed by atoms with Crippen molar-refractivity contribution >= 4 is 37.4 Å². The van der Waals surface area contributed by atoms with Crippen LogP contribution in [0.1, 0.15) is 23.6 Å². The Bertz CT molecular complexity index is 1680. The third-order valence-corrected chi connectivity index (χ3v) is 8.56. The minimum Gasteiger partial charge on any atom is -0.508 e. The van der Waals surface area contributed by atoms with Crippen LogP contribution >= 0.6 is 7.82 Å². The van der Waals surface area contributed by atoms with E-state index in [0.29, 0.717) is 16.7 Å². The predicted octanol–water partition coefficient (Wildman–Crippen LogP) is 0.257. The van der Waals surface area contributed by atoms with Crippen LogP contribution in [0.25, 0.3) is 0 Å². The number of phenols is 1. The number of hydrogen-bond donors (Lipinski definition) is 7. The standard InChI is InChI=1S/C34H43N6O10P/c1-22(38-33(45)27(35)17-24-13-15-26(41)16-14-24)32(44)37-19-30(42)40(2)29(18-23-9-5-3-6-10-23)34(46)39-28(31(36)43)21-50-51(47,48)49-20-25-11-7-4-8-12-25/h3-16,22,27-29,41H,17-21,35H2,1-2H3,(H2,36,43)(H,37,44)(H,38,45)(H,39,46)(H,47,48)/t22-,27+,28+,29+/m1/s1. The summed E-state index contributed by atoms with van der Waals surface area (Å²) in [5.41, 5.74) is 13.4. The maximum absolute atomic E-state index is 13.5. The fourth-order valence-corrected chi connectivity index (χ4v) is 5.35. The number of amides is 5. The zero-order chi connectivity index (χ0) is 37.6. The molecule has 3 aromatic rings. The zero-order valence-electron chi connectivity index (χ0n) is 28.1. The lowest BCUT2D eigenvalue weighted by Crippen LogP contribution is -2.57. The summed E-state index contributed by atoms with van der Waals surface area (Å²) in [5.74, 6) is -3.85. The van der Waals surface area contributed by atoms with Gasteiger partial charge in [0, 0.05) is 13.5 Å². The molecule has 16 nitrogen and oxygen atoms in total. The smallest absolute Gasteiger partial charge is 0.472 e. The number of phenolic OH excluding ortho intramolecular Hbond substituents is 1. The number of carbonyl (C=O) groups is 5. The van der Waals surface area contributed by atoms with Gasteiger partial charge in [-0.05, 0) is 42.2 Å². The van der Waals surface area contributed by atoms with Gasteiger partial charge in [0.2, 0.25) is 29.5 Å². The van der Waals surface area contributed by atoms with Crippen LogP contribution in [0.2, 0.25) is 0 Å². The minimum atomic E-state index is -4.67. The van der Waals surface area contributed by atoms with Crippen molar-refractivity contribution in [1.82, 2.24) is 20.9 Å². The first kappa shape index (κ1) is 40.3. The number of nitrogens with two attached hydrogens (primary N) is 2. The number of primary amides is 1. The molecule has 0 aliphatic heterocycles. The number of benzene rings is 3. The Morgan fingerprint density at radius 1 is 0.804 bits per heavy atom. The second kappa shape index (κ2) is 19.3. The first-order valence-corrected chi connectivity index (χ1v) is 17.3. The molecule has 0 aromatic heterocycles. The highest BCUT2D eigenvalue weighted by Gasteiger charge is 2.32. The van der Waals surface area contributed by atoms with Crippen LogP contribution < -0.4 is 27.4 Å². The normalized spacial score (nSPS) is 14.5. The molecule has 9 N–H and O–H groups in total. The van der Waals surface area contributed by atoms with Crippen LogP contribution in [0.5, 0.6) is 5.75 Å². The second-order valence-corrected chi connectivity index (χ2v) is 13.1. The summed E-state index contributed by atoms with van der Waals surface area (Å²) in [6.07, 6.45) is 0.137. The van der Waals surface area contributed by atoms with Crippen LogP contribution in [0.15, 0.2) is 84.9 Å². The summed E-state index contributed by atoms with van der Waals surface area (Å²) in [5, 5.41) is 16.7. The van der Waals surface area contributed by atoms with E-state index in [1.807, 2.05) is 0 Å². The summed E-state index contributed by atoms with van der Waals surface area (Å²) in [6, 6.07) is 18.5. The van der Waals surface area contributed by atoms with Gasteiger partial charge in [-0.1, -0.05) is 72.8 Å². The molecular formula is C34H43N6O10P. The van der Waals surface area contributed by atoms with Gasteiger partial charge in [0.1, 0.15) is 23.9 Å². The van der Waals surface area contributed by atoms with E-state index in [9.17, 15) is 38.5 Å². The molecule has 274 valence electrons. The average Bonchev–Trinajstić information content (AvgIpc) is 3.11. The maximum atomic E-state index is 13.5. The molecular weight excluding hydrogens is 683 g/mol. The van der Waals surface area contributed by atoms with Crippen molar-refractivity contribution in [3.8, 4) is 5.75 Å². The van der Waals surface area contributed by atoms with Crippen LogP contribution in [0.3, 0.4) is 0 Å². The zero-order valence-corrected chi connectivity index (χ0v) is 29.0. The highest BCUT2D eigenvalue weighted by atomic mass is 31.2. The third-order valence-electron chi connectivity index (χ3n) is 7.63. The largest absolute Gasteiger partial charge is 0.508 e. The Labute approximate surface area is 295 Å². The van der Waals surface area contributed by atoms with Crippen molar-refractivity contribution in [3.05, 3.63) is 102 Å². The van der Waals surface area contributed by atoms with Gasteiger partial charge in [0.25, 0.3) is 0 Å². The van der Waals surface area contributed by atoms with E-state index < -0.39 is 74.7 Å². The first-order valence-electron chi connectivity index (χ1n) is 15.8. The van der Waals surface area contributed by atoms with Gasteiger partial charge >= 0.3 is 7.82 Å². The third kappa shape index (κ3) is 13.6. The SMILES string of the molecule is C[C@@H](NC(=O)[C@@H](N)Cc1ccc(O)cc1)C(=O)NCC(=O)N(C)[C@@H](Cc1ccccc1)C(=O)N[C@@H](COP(=O)(O)OCc1ccccc1)C(N)=O. The quantitative estimate of drug-likeness (QED) is 0.0825. The topological polar surface area (TPSA) is 253 Å². The molecule has 1 unspecified atom stereocenters. The van der Waals surface area contributed by atoms with Crippen molar-refractivity contribution in [2.45, 2.75) is 50.5 Å². The minimum absolute atomic E-state index is 0.0146. The van der Waals surface area contributed by atoms with E-state index in [1.54, 1.807) is 72.8 Å². The highest BCUT2D eigenvalue weighted by Crippen LogP contribution is 2.44. The lowest BCUT2D eigenvalue weighted by molar-refractivity contribution is -0.140. The summed E-state index contributed by atoms with van der Waals surface area (Å²) in [7, 11) is -3.35. The Kier molecular flexibility index (Phi) is 15.3. The molecule has 0 heterocycles. The molecule has 0 bridgehead atoms. The van der Waals surface area contributed by atoms with Crippen molar-refractivity contribution in [3.63, 3.8) is 0 Å². The molecule has 0 saturated heterocycles. The molecule has 51 heavy (non-hydrogen) atoms. The van der Waals surface area contributed by atoms with E-state index in [0.717, 1.165) is 4.90 Å². The van der Waals surface area contributed by atoms with E-state index in [2.05, 4.69) is 16.0 Å². The van der Waals surface area contributed by atoms with Crippen LogP contribution in [0, 0.1) is 0 Å². The maximum Gasteiger partial charge on any atom is 0.472 e. The van der Waals surface area contributed by atoms with Crippen molar-refractivity contribution in [2.24, 2.45) is 11.5 Å². The molecule has 17 heteroatoms. The Hall–Kier alpha value is -5.12. The number of hydrogen-bond acceptors (Lipinski definition) is 10. The van der Waals surface area contributed by atoms with E-state index in [4.69, 9.17) is 20.5 Å². The molecule has 0 aliphatic carbocycles. The summed E-state index contributed by atoms with van der Waals surface area (Å²) < 4.78 is 22.4. The number of phosphoric acid groups is 1. The Balaban J connectivity index is 1.60. The molecule has 0 saturated carbocycles. The second-order valence-electron chi connectivity index (χ2n) is 11.6. The summed E-state index contributed by atoms with van der Waals surface area (Å²) in [4.78, 5) is 75.5. The van der Waals surface area contributed by atoms with Gasteiger partial charge in [-0.25, -0.2) is 4.57 Å². The summed E-state index contributed by atoms with van der Waals surface area (Å²) >= 11 is 0. The number of rotatable bonds is 19. The van der Waals surface area contributed by atoms with Gasteiger partial charge in [-0.2, -0.15) is 0 Å². The van der Waals surface area contributed by atoms with E-state index in [1.165, 1.54) is 26.1 Å². The van der Waals surface area contributed by atoms with Crippen molar-refractivity contribution in [2.75, 3.05) is 20.2 Å². The average molecular weight is 727 g/mol. The molecule has 0 aliphatic rings.